The molecule has 0 radical (unpaired) electrons. The van der Waals surface area contributed by atoms with Gasteiger partial charge in [-0.15, -0.1) is 0 Å². The molecule has 1 aromatic heterocycles. The third-order valence-corrected chi connectivity index (χ3v) is 4.78. The van der Waals surface area contributed by atoms with Crippen molar-refractivity contribution in [2.75, 3.05) is 37.6 Å². The highest BCUT2D eigenvalue weighted by atomic mass is 16.3. The Bertz CT molecular complexity index is 809. The van der Waals surface area contributed by atoms with E-state index in [0.717, 1.165) is 36.8 Å². The van der Waals surface area contributed by atoms with E-state index in [1.165, 1.54) is 6.26 Å². The van der Waals surface area contributed by atoms with Crippen LogP contribution in [-0.2, 0) is 11.3 Å². The smallest absolute Gasteiger partial charge is 0.321 e. The van der Waals surface area contributed by atoms with Gasteiger partial charge in [0, 0.05) is 11.3 Å². The van der Waals surface area contributed by atoms with Gasteiger partial charge in [0.15, 0.2) is 12.3 Å². The van der Waals surface area contributed by atoms with Crippen LogP contribution in [0.3, 0.4) is 0 Å². The molecule has 0 saturated carbocycles. The lowest BCUT2D eigenvalue weighted by Crippen LogP contribution is -3.16. The normalized spacial score (nSPS) is 14.5. The summed E-state index contributed by atoms with van der Waals surface area (Å²) in [7, 11) is 0. The zero-order valence-corrected chi connectivity index (χ0v) is 15.9. The Labute approximate surface area is 163 Å². The zero-order valence-electron chi connectivity index (χ0n) is 15.9. The molecule has 3 N–H and O–H groups in total. The van der Waals surface area contributed by atoms with E-state index in [9.17, 15) is 14.4 Å². The molecule has 1 aliphatic rings. The first-order valence-corrected chi connectivity index (χ1v) is 9.31. The molecule has 28 heavy (non-hydrogen) atoms. The number of hydrogen-bond acceptors (Lipinski definition) is 5. The van der Waals surface area contributed by atoms with Crippen LogP contribution in [0.1, 0.15) is 23.0 Å². The number of benzene rings is 1. The molecule has 1 fully saturated rings. The van der Waals surface area contributed by atoms with Gasteiger partial charge in [-0.2, -0.15) is 0 Å². The van der Waals surface area contributed by atoms with Gasteiger partial charge < -0.3 is 19.5 Å². The van der Waals surface area contributed by atoms with Crippen molar-refractivity contribution in [3.63, 3.8) is 0 Å². The largest absolute Gasteiger partial charge is 0.467 e. The van der Waals surface area contributed by atoms with E-state index in [1.807, 2.05) is 24.3 Å². The van der Waals surface area contributed by atoms with E-state index < -0.39 is 6.03 Å². The lowest BCUT2D eigenvalue weighted by Gasteiger charge is -2.33. The van der Waals surface area contributed by atoms with E-state index in [4.69, 9.17) is 4.42 Å². The second-order valence-corrected chi connectivity index (χ2v) is 6.83. The summed E-state index contributed by atoms with van der Waals surface area (Å²) in [5.74, 6) is 0.381. The van der Waals surface area contributed by atoms with Crippen molar-refractivity contribution >= 4 is 23.4 Å². The van der Waals surface area contributed by atoms with Crippen LogP contribution in [0.25, 0.3) is 0 Å². The van der Waals surface area contributed by atoms with Crippen molar-refractivity contribution in [1.82, 2.24) is 10.6 Å². The third-order valence-electron chi connectivity index (χ3n) is 4.78. The predicted octanol–water partition coefficient (Wildman–Crippen LogP) is 0.213. The molecule has 0 aliphatic carbocycles. The number of rotatable bonds is 6. The minimum atomic E-state index is -0.523. The van der Waals surface area contributed by atoms with Crippen LogP contribution in [0.5, 0.6) is 0 Å². The van der Waals surface area contributed by atoms with E-state index in [-0.39, 0.29) is 24.8 Å². The van der Waals surface area contributed by atoms with E-state index in [2.05, 4.69) is 15.5 Å². The second-order valence-electron chi connectivity index (χ2n) is 6.83. The first-order valence-electron chi connectivity index (χ1n) is 9.31. The summed E-state index contributed by atoms with van der Waals surface area (Å²) in [4.78, 5) is 38.6. The minimum Gasteiger partial charge on any atom is -0.467 e. The first-order chi connectivity index (χ1) is 13.5. The number of furan rings is 1. The van der Waals surface area contributed by atoms with Crippen molar-refractivity contribution in [2.45, 2.75) is 13.5 Å². The van der Waals surface area contributed by atoms with Gasteiger partial charge >= 0.3 is 6.03 Å². The molecule has 3 rings (SSSR count). The number of amides is 3. The topological polar surface area (TPSA) is 96.1 Å². The number of ketones is 1. The fourth-order valence-electron chi connectivity index (χ4n) is 3.19. The molecule has 1 aliphatic heterocycles. The molecule has 0 unspecified atom stereocenters. The molecule has 1 saturated heterocycles. The molecule has 2 heterocycles. The fourth-order valence-corrected chi connectivity index (χ4v) is 3.19. The van der Waals surface area contributed by atoms with Crippen LogP contribution in [0.4, 0.5) is 10.5 Å². The molecular weight excluding hydrogens is 360 g/mol. The highest BCUT2D eigenvalue weighted by Gasteiger charge is 2.23. The first kappa shape index (κ1) is 19.6. The number of Topliss-reactive ketones (excluding diaryl/α,β-unsaturated/α-hetero) is 1. The van der Waals surface area contributed by atoms with Gasteiger partial charge in [0.1, 0.15) is 5.76 Å². The number of nitrogens with one attached hydrogen (secondary N) is 3. The molecule has 0 bridgehead atoms. The van der Waals surface area contributed by atoms with Gasteiger partial charge in [-0.1, -0.05) is 0 Å². The summed E-state index contributed by atoms with van der Waals surface area (Å²) in [6, 6.07) is 10.6. The van der Waals surface area contributed by atoms with Crippen LogP contribution in [-0.4, -0.2) is 50.4 Å². The summed E-state index contributed by atoms with van der Waals surface area (Å²) < 4.78 is 5.12. The molecule has 2 aromatic rings. The standard InChI is InChI=1S/C20H24N4O4/c1-15(25)16-4-6-17(7-5-16)24-10-8-23(9-11-24)14-19(26)22-20(27)21-13-18-3-2-12-28-18/h2-7,12H,8-11,13-14H2,1H3,(H2,21,22,26,27)/p+1. The van der Waals surface area contributed by atoms with Gasteiger partial charge in [-0.3, -0.25) is 14.9 Å². The number of carbonyl (C=O) groups is 3. The molecule has 8 nitrogen and oxygen atoms in total. The van der Waals surface area contributed by atoms with Crippen LogP contribution >= 0.6 is 0 Å². The van der Waals surface area contributed by atoms with Crippen molar-refractivity contribution in [3.05, 3.63) is 54.0 Å². The molecule has 1 aromatic carbocycles. The fraction of sp³-hybridized carbons (Fsp3) is 0.350. The van der Waals surface area contributed by atoms with Crippen molar-refractivity contribution in [3.8, 4) is 0 Å². The lowest BCUT2D eigenvalue weighted by atomic mass is 10.1. The highest BCUT2D eigenvalue weighted by Crippen LogP contribution is 2.15. The number of anilines is 1. The molecule has 3 amide bonds. The number of urea groups is 1. The van der Waals surface area contributed by atoms with Crippen LogP contribution in [0, 0.1) is 0 Å². The van der Waals surface area contributed by atoms with Crippen molar-refractivity contribution < 1.29 is 23.7 Å². The zero-order chi connectivity index (χ0) is 19.9. The quantitative estimate of drug-likeness (QED) is 0.618. The van der Waals surface area contributed by atoms with Gasteiger partial charge in [0.25, 0.3) is 5.91 Å². The highest BCUT2D eigenvalue weighted by molar-refractivity contribution is 5.95. The maximum absolute atomic E-state index is 12.1. The van der Waals surface area contributed by atoms with Crippen LogP contribution in [0.15, 0.2) is 47.1 Å². The average molecular weight is 385 g/mol. The summed E-state index contributed by atoms with van der Waals surface area (Å²) in [6.07, 6.45) is 1.53. The number of carbonyl (C=O) groups excluding carboxylic acids is 3. The monoisotopic (exact) mass is 385 g/mol. The van der Waals surface area contributed by atoms with E-state index in [1.54, 1.807) is 19.1 Å². The Kier molecular flexibility index (Phi) is 6.44. The molecule has 8 heteroatoms. The number of nitrogens with zero attached hydrogens (tertiary/aromatic N) is 1. The summed E-state index contributed by atoms with van der Waals surface area (Å²) in [5, 5.41) is 4.94. The molecule has 148 valence electrons. The Morgan fingerprint density at radius 3 is 2.43 bits per heavy atom. The molecule has 0 atom stereocenters. The SMILES string of the molecule is CC(=O)c1ccc(N2CC[NH+](CC(=O)NC(=O)NCc3ccco3)CC2)cc1. The average Bonchev–Trinajstić information content (AvgIpc) is 3.21. The van der Waals surface area contributed by atoms with Gasteiger partial charge in [0.05, 0.1) is 39.0 Å². The summed E-state index contributed by atoms with van der Waals surface area (Å²) in [5.41, 5.74) is 1.78. The Morgan fingerprint density at radius 2 is 1.82 bits per heavy atom. The molecule has 0 spiro atoms. The summed E-state index contributed by atoms with van der Waals surface area (Å²) >= 11 is 0. The van der Waals surface area contributed by atoms with Crippen LogP contribution in [0.2, 0.25) is 0 Å². The summed E-state index contributed by atoms with van der Waals surface area (Å²) in [6.45, 7) is 5.27. The van der Waals surface area contributed by atoms with Crippen molar-refractivity contribution in [2.24, 2.45) is 0 Å². The Morgan fingerprint density at radius 1 is 1.11 bits per heavy atom. The van der Waals surface area contributed by atoms with Crippen LogP contribution < -0.4 is 20.4 Å². The van der Waals surface area contributed by atoms with Gasteiger partial charge in [0.2, 0.25) is 0 Å². The number of imide groups is 1. The van der Waals surface area contributed by atoms with Gasteiger partial charge in [-0.05, 0) is 43.3 Å². The third kappa shape index (κ3) is 5.43. The van der Waals surface area contributed by atoms with E-state index >= 15 is 0 Å². The number of piperazine rings is 1. The maximum Gasteiger partial charge on any atom is 0.321 e. The second kappa shape index (κ2) is 9.18. The van der Waals surface area contributed by atoms with Gasteiger partial charge in [-0.25, -0.2) is 4.79 Å². The lowest BCUT2D eigenvalue weighted by molar-refractivity contribution is -0.892. The van der Waals surface area contributed by atoms with E-state index in [0.29, 0.717) is 11.3 Å². The molecular formula is C20H25N4O4+. The number of quaternary nitrogens is 1. The Balaban J connectivity index is 1.39. The predicted molar refractivity (Wildman–Crippen MR) is 103 cm³/mol. The van der Waals surface area contributed by atoms with Crippen molar-refractivity contribution in [1.29, 1.82) is 0 Å². The Hall–Kier alpha value is -3.13. The minimum absolute atomic E-state index is 0.0556. The number of hydrogen-bond donors (Lipinski definition) is 3. The maximum atomic E-state index is 12.1.